The molecule has 0 amide bonds. The minimum absolute atomic E-state index is 0.0272. The van der Waals surface area contributed by atoms with Crippen molar-refractivity contribution >= 4 is 24.3 Å². The highest BCUT2D eigenvalue weighted by molar-refractivity contribution is 8.07. The van der Waals surface area contributed by atoms with Crippen LogP contribution in [-0.2, 0) is 32.2 Å². The second-order valence-corrected chi connectivity index (χ2v) is 9.82. The van der Waals surface area contributed by atoms with Gasteiger partial charge in [-0.2, -0.15) is 4.98 Å². The molecule has 0 spiro atoms. The molecule has 14 heteroatoms. The van der Waals surface area contributed by atoms with Gasteiger partial charge in [-0.15, -0.1) is 0 Å². The molecule has 3 N–H and O–H groups in total. The minimum atomic E-state index is -3.55. The van der Waals surface area contributed by atoms with Crippen LogP contribution in [-0.4, -0.2) is 45.6 Å². The van der Waals surface area contributed by atoms with Crippen LogP contribution in [0.3, 0.4) is 0 Å². The van der Waals surface area contributed by atoms with Crippen molar-refractivity contribution in [2.75, 3.05) is 12.3 Å². The van der Waals surface area contributed by atoms with E-state index in [1.807, 2.05) is 0 Å². The van der Waals surface area contributed by atoms with Crippen LogP contribution in [0.1, 0.15) is 11.8 Å². The van der Waals surface area contributed by atoms with Gasteiger partial charge in [0.15, 0.2) is 18.0 Å². The number of ether oxygens (including phenoxy) is 1. The number of fused-ring (bicyclic) bond motifs is 1. The number of aromatic nitrogens is 2. The lowest BCUT2D eigenvalue weighted by atomic mass is 9.97. The normalized spacial score (nSPS) is 32.6. The quantitative estimate of drug-likeness (QED) is 0.620. The van der Waals surface area contributed by atoms with E-state index in [2.05, 4.69) is 4.98 Å². The van der Waals surface area contributed by atoms with E-state index >= 15 is 0 Å². The summed E-state index contributed by atoms with van der Waals surface area (Å²) in [4.78, 5) is 15.4. The lowest BCUT2D eigenvalue weighted by Gasteiger charge is -2.34. The van der Waals surface area contributed by atoms with Crippen molar-refractivity contribution in [1.29, 1.82) is 0 Å². The molecular formula is C17H17F3N3O6PS. The zero-order valence-electron chi connectivity index (χ0n) is 15.6. The van der Waals surface area contributed by atoms with E-state index in [1.165, 1.54) is 0 Å². The predicted molar refractivity (Wildman–Crippen MR) is 105 cm³/mol. The van der Waals surface area contributed by atoms with Gasteiger partial charge < -0.3 is 20.1 Å². The molecule has 9 nitrogen and oxygen atoms in total. The van der Waals surface area contributed by atoms with Gasteiger partial charge in [0, 0.05) is 23.6 Å². The summed E-state index contributed by atoms with van der Waals surface area (Å²) in [6.45, 7) is -4.56. The predicted octanol–water partition coefficient (Wildman–Crippen LogP) is 1.91. The van der Waals surface area contributed by atoms with Crippen molar-refractivity contribution in [3.05, 3.63) is 52.6 Å². The molecule has 0 saturated carbocycles. The number of aliphatic hydroxyl groups excluding tert-OH is 1. The molecule has 1 saturated heterocycles. The molecule has 1 unspecified atom stereocenters. The summed E-state index contributed by atoms with van der Waals surface area (Å²) in [6.07, 6.45) is -9.00. The first-order valence-corrected chi connectivity index (χ1v) is 11.5. The smallest absolute Gasteiger partial charge is 0.381 e. The van der Waals surface area contributed by atoms with Gasteiger partial charge >= 0.3 is 12.4 Å². The number of para-hydroxylation sites is 1. The molecule has 2 aliphatic heterocycles. The highest BCUT2D eigenvalue weighted by Crippen LogP contribution is 2.56. The topological polar surface area (TPSA) is 118 Å². The summed E-state index contributed by atoms with van der Waals surface area (Å²) >= 11 is 5.22. The van der Waals surface area contributed by atoms with Gasteiger partial charge in [0.1, 0.15) is 17.7 Å². The van der Waals surface area contributed by atoms with Crippen molar-refractivity contribution in [3.8, 4) is 5.75 Å². The average molecular weight is 479 g/mol. The Morgan fingerprint density at radius 1 is 1.42 bits per heavy atom. The maximum atomic E-state index is 14.8. The van der Waals surface area contributed by atoms with Crippen LogP contribution >= 0.6 is 6.72 Å². The standard InChI is InChI=1S/C17H17F3N3O6PS/c18-12-13(24)17(15(19)20,28-14(12)23-6-5-11(21)22-16(23)25)8-27-30(31)26-7-9-3-1-2-4-10(9)29-30/h1-6,12-15,24H,7-8H2,(H2,21,22,25)/t12-,13+,14-,17-,30?/m1/s1. The van der Waals surface area contributed by atoms with Crippen LogP contribution in [0.15, 0.2) is 41.3 Å². The van der Waals surface area contributed by atoms with E-state index in [0.717, 1.165) is 12.3 Å². The number of hydrogen-bond donors (Lipinski definition) is 2. The van der Waals surface area contributed by atoms with Gasteiger partial charge in [-0.25, -0.2) is 18.0 Å². The fraction of sp³-hybridized carbons (Fsp3) is 0.412. The first kappa shape index (κ1) is 22.2. The number of alkyl halides is 3. The molecule has 4 rings (SSSR count). The number of anilines is 1. The Labute approximate surface area is 178 Å². The van der Waals surface area contributed by atoms with E-state index in [9.17, 15) is 23.1 Å². The number of halogens is 3. The molecule has 1 fully saturated rings. The van der Waals surface area contributed by atoms with Crippen LogP contribution in [0.5, 0.6) is 5.75 Å². The van der Waals surface area contributed by atoms with Crippen molar-refractivity contribution in [3.63, 3.8) is 0 Å². The molecule has 31 heavy (non-hydrogen) atoms. The van der Waals surface area contributed by atoms with Gasteiger partial charge in [0.25, 0.3) is 6.43 Å². The second-order valence-electron chi connectivity index (χ2n) is 6.89. The fourth-order valence-electron chi connectivity index (χ4n) is 3.23. The summed E-state index contributed by atoms with van der Waals surface area (Å²) in [6, 6.07) is 7.94. The van der Waals surface area contributed by atoms with E-state index in [1.54, 1.807) is 24.3 Å². The molecule has 3 heterocycles. The lowest BCUT2D eigenvalue weighted by molar-refractivity contribution is -0.193. The number of nitrogens with zero attached hydrogens (tertiary/aromatic N) is 2. The minimum Gasteiger partial charge on any atom is -0.424 e. The highest BCUT2D eigenvalue weighted by atomic mass is 32.5. The summed E-state index contributed by atoms with van der Waals surface area (Å²) in [5, 5.41) is 10.3. The molecule has 0 radical (unpaired) electrons. The van der Waals surface area contributed by atoms with Crippen molar-refractivity contribution in [2.45, 2.75) is 37.1 Å². The lowest BCUT2D eigenvalue weighted by Crippen LogP contribution is -2.52. The summed E-state index contributed by atoms with van der Waals surface area (Å²) in [5.74, 6) is 0.222. The third-order valence-corrected chi connectivity index (χ3v) is 7.09. The number of benzene rings is 1. The first-order valence-electron chi connectivity index (χ1n) is 8.94. The van der Waals surface area contributed by atoms with E-state index in [4.69, 9.17) is 35.8 Å². The van der Waals surface area contributed by atoms with E-state index in [-0.39, 0.29) is 12.4 Å². The molecule has 2 aliphatic rings. The summed E-state index contributed by atoms with van der Waals surface area (Å²) in [5.41, 5.74) is 2.20. The maximum Gasteiger partial charge on any atom is 0.381 e. The Morgan fingerprint density at radius 2 is 2.16 bits per heavy atom. The average Bonchev–Trinajstić information content (AvgIpc) is 2.98. The monoisotopic (exact) mass is 479 g/mol. The van der Waals surface area contributed by atoms with Gasteiger partial charge in [-0.05, 0) is 12.1 Å². The largest absolute Gasteiger partial charge is 0.424 e. The van der Waals surface area contributed by atoms with Crippen LogP contribution in [0.2, 0.25) is 0 Å². The molecule has 2 aromatic rings. The summed E-state index contributed by atoms with van der Waals surface area (Å²) in [7, 11) is 0. The number of hydrogen-bond acceptors (Lipinski definition) is 9. The number of aliphatic hydroxyl groups is 1. The molecular weight excluding hydrogens is 462 g/mol. The van der Waals surface area contributed by atoms with Crippen LogP contribution < -0.4 is 15.9 Å². The van der Waals surface area contributed by atoms with Crippen LogP contribution in [0.4, 0.5) is 19.0 Å². The van der Waals surface area contributed by atoms with Crippen LogP contribution in [0.25, 0.3) is 0 Å². The van der Waals surface area contributed by atoms with Gasteiger partial charge in [-0.1, -0.05) is 18.2 Å². The number of nitrogen functional groups attached to an aromatic ring is 1. The Bertz CT molecular complexity index is 1090. The van der Waals surface area contributed by atoms with Gasteiger partial charge in [-0.3, -0.25) is 13.6 Å². The Morgan fingerprint density at radius 3 is 2.87 bits per heavy atom. The molecule has 1 aromatic carbocycles. The highest BCUT2D eigenvalue weighted by Gasteiger charge is 2.62. The second kappa shape index (κ2) is 8.15. The van der Waals surface area contributed by atoms with Crippen molar-refractivity contribution in [1.82, 2.24) is 9.55 Å². The van der Waals surface area contributed by atoms with Crippen molar-refractivity contribution in [2.24, 2.45) is 0 Å². The van der Waals surface area contributed by atoms with Crippen LogP contribution in [0, 0.1) is 0 Å². The van der Waals surface area contributed by atoms with E-state index in [0.29, 0.717) is 15.9 Å². The van der Waals surface area contributed by atoms with Gasteiger partial charge in [0.2, 0.25) is 0 Å². The van der Waals surface area contributed by atoms with Gasteiger partial charge in [0.05, 0.1) is 13.2 Å². The number of rotatable bonds is 5. The Balaban J connectivity index is 1.58. The molecule has 0 aliphatic carbocycles. The fourth-order valence-corrected chi connectivity index (χ4v) is 5.04. The SMILES string of the molecule is Nc1ccn([C@@H]2O[C@@](COP3(=S)OCc4ccccc4O3)(C(F)F)[C@@H](O)[C@H]2F)c(=O)n1. The zero-order chi connectivity index (χ0) is 22.4. The van der Waals surface area contributed by atoms with E-state index < -0.39 is 49.5 Å². The third kappa shape index (κ3) is 3.97. The molecule has 0 bridgehead atoms. The third-order valence-electron chi connectivity index (χ3n) is 4.92. The Hall–Kier alpha value is -2.02. The van der Waals surface area contributed by atoms with Crippen molar-refractivity contribution < 1.29 is 36.6 Å². The summed E-state index contributed by atoms with van der Waals surface area (Å²) < 4.78 is 65.0. The zero-order valence-corrected chi connectivity index (χ0v) is 17.3. The Kier molecular flexibility index (Phi) is 5.83. The first-order chi connectivity index (χ1) is 14.7. The number of nitrogens with two attached hydrogens (primary N) is 1. The maximum absolute atomic E-state index is 14.8. The molecule has 168 valence electrons. The molecule has 1 aromatic heterocycles. The molecule has 5 atom stereocenters.